The highest BCUT2D eigenvalue weighted by Crippen LogP contribution is 2.20. The molecule has 0 fully saturated rings. The highest BCUT2D eigenvalue weighted by atomic mass is 32.2. The Bertz CT molecular complexity index is 337. The van der Waals surface area contributed by atoms with Crippen molar-refractivity contribution in [2.24, 2.45) is 0 Å². The van der Waals surface area contributed by atoms with E-state index in [4.69, 9.17) is 0 Å². The van der Waals surface area contributed by atoms with Crippen molar-refractivity contribution in [2.45, 2.75) is 31.6 Å². The second-order valence-corrected chi connectivity index (χ2v) is 5.42. The molecule has 0 aliphatic carbocycles. The highest BCUT2D eigenvalue weighted by molar-refractivity contribution is 7.99. The van der Waals surface area contributed by atoms with Gasteiger partial charge in [0.25, 0.3) is 0 Å². The van der Waals surface area contributed by atoms with E-state index in [0.717, 1.165) is 13.0 Å². The van der Waals surface area contributed by atoms with E-state index >= 15 is 0 Å². The van der Waals surface area contributed by atoms with E-state index in [0.29, 0.717) is 5.25 Å². The molecule has 17 heavy (non-hydrogen) atoms. The molecule has 1 aromatic rings. The Kier molecular flexibility index (Phi) is 5.92. The van der Waals surface area contributed by atoms with Gasteiger partial charge in [-0.15, -0.1) is 0 Å². The molecule has 1 aromatic carbocycles. The summed E-state index contributed by atoms with van der Waals surface area (Å²) < 4.78 is 26.9. The molecule has 96 valence electrons. The zero-order chi connectivity index (χ0) is 12.8. The Hall–Kier alpha value is -0.610. The fraction of sp³-hybridized carbons (Fsp3) is 0.538. The summed E-state index contributed by atoms with van der Waals surface area (Å²) in [6.07, 6.45) is 3.05. The molecule has 0 saturated heterocycles. The maximum absolute atomic E-state index is 13.5. The minimum atomic E-state index is -0.483. The average Bonchev–Trinajstić information content (AvgIpc) is 2.28. The van der Waals surface area contributed by atoms with Crippen molar-refractivity contribution in [3.63, 3.8) is 0 Å². The lowest BCUT2D eigenvalue weighted by atomic mass is 10.1. The summed E-state index contributed by atoms with van der Waals surface area (Å²) in [6, 6.07) is 3.67. The van der Waals surface area contributed by atoms with Crippen molar-refractivity contribution in [2.75, 3.05) is 12.8 Å². The number of thioether (sulfide) groups is 1. The predicted molar refractivity (Wildman–Crippen MR) is 70.4 cm³/mol. The Morgan fingerprint density at radius 3 is 2.35 bits per heavy atom. The SMILES string of the molecule is CSC(C)CCNC(C)c1c(F)cccc1F. The molecule has 0 bridgehead atoms. The van der Waals surface area contributed by atoms with E-state index in [1.807, 2.05) is 0 Å². The van der Waals surface area contributed by atoms with Gasteiger partial charge in [0, 0.05) is 16.9 Å². The van der Waals surface area contributed by atoms with Gasteiger partial charge >= 0.3 is 0 Å². The van der Waals surface area contributed by atoms with Gasteiger partial charge in [-0.2, -0.15) is 11.8 Å². The van der Waals surface area contributed by atoms with Gasteiger partial charge in [0.15, 0.2) is 0 Å². The van der Waals surface area contributed by atoms with Crippen molar-refractivity contribution in [3.8, 4) is 0 Å². The molecule has 4 heteroatoms. The lowest BCUT2D eigenvalue weighted by molar-refractivity contribution is 0.484. The first-order chi connectivity index (χ1) is 8.06. The van der Waals surface area contributed by atoms with E-state index in [1.54, 1.807) is 18.7 Å². The lowest BCUT2D eigenvalue weighted by Gasteiger charge is -2.17. The van der Waals surface area contributed by atoms with Crippen molar-refractivity contribution < 1.29 is 8.78 Å². The molecular weight excluding hydrogens is 240 g/mol. The molecule has 2 atom stereocenters. The van der Waals surface area contributed by atoms with Crippen LogP contribution in [-0.4, -0.2) is 18.1 Å². The van der Waals surface area contributed by atoms with E-state index in [1.165, 1.54) is 18.2 Å². The minimum absolute atomic E-state index is 0.129. The molecule has 1 nitrogen and oxygen atoms in total. The van der Waals surface area contributed by atoms with Crippen LogP contribution in [0.15, 0.2) is 18.2 Å². The monoisotopic (exact) mass is 259 g/mol. The summed E-state index contributed by atoms with van der Waals surface area (Å²) >= 11 is 1.79. The van der Waals surface area contributed by atoms with Crippen LogP contribution in [0.5, 0.6) is 0 Å². The highest BCUT2D eigenvalue weighted by Gasteiger charge is 2.15. The predicted octanol–water partition coefficient (Wildman–Crippen LogP) is 3.76. The first-order valence-electron chi connectivity index (χ1n) is 5.76. The fourth-order valence-electron chi connectivity index (χ4n) is 1.65. The Morgan fingerprint density at radius 2 is 1.82 bits per heavy atom. The second-order valence-electron chi connectivity index (χ2n) is 4.15. The largest absolute Gasteiger partial charge is 0.310 e. The van der Waals surface area contributed by atoms with Crippen LogP contribution in [0.4, 0.5) is 8.78 Å². The van der Waals surface area contributed by atoms with Crippen LogP contribution >= 0.6 is 11.8 Å². The van der Waals surface area contributed by atoms with Crippen molar-refractivity contribution >= 4 is 11.8 Å². The van der Waals surface area contributed by atoms with E-state index in [9.17, 15) is 8.78 Å². The van der Waals surface area contributed by atoms with Gasteiger partial charge in [-0.1, -0.05) is 13.0 Å². The van der Waals surface area contributed by atoms with Gasteiger partial charge in [-0.05, 0) is 38.3 Å². The topological polar surface area (TPSA) is 12.0 Å². The van der Waals surface area contributed by atoms with Gasteiger partial charge in [-0.3, -0.25) is 0 Å². The third-order valence-corrected chi connectivity index (χ3v) is 3.88. The summed E-state index contributed by atoms with van der Waals surface area (Å²) in [6.45, 7) is 4.68. The van der Waals surface area contributed by atoms with E-state index in [-0.39, 0.29) is 11.6 Å². The minimum Gasteiger partial charge on any atom is -0.310 e. The fourth-order valence-corrected chi connectivity index (χ4v) is 2.00. The summed E-state index contributed by atoms with van der Waals surface area (Å²) in [7, 11) is 0. The molecule has 0 aromatic heterocycles. The van der Waals surface area contributed by atoms with Crippen molar-refractivity contribution in [3.05, 3.63) is 35.4 Å². The number of hydrogen-bond acceptors (Lipinski definition) is 2. The Labute approximate surface area is 106 Å². The van der Waals surface area contributed by atoms with Gasteiger partial charge in [0.2, 0.25) is 0 Å². The van der Waals surface area contributed by atoms with Gasteiger partial charge in [0.05, 0.1) is 0 Å². The maximum atomic E-state index is 13.5. The van der Waals surface area contributed by atoms with Crippen LogP contribution in [0.1, 0.15) is 31.9 Å². The number of nitrogens with one attached hydrogen (secondary N) is 1. The quantitative estimate of drug-likeness (QED) is 0.835. The Morgan fingerprint density at radius 1 is 1.24 bits per heavy atom. The van der Waals surface area contributed by atoms with Crippen LogP contribution in [0.2, 0.25) is 0 Å². The molecule has 0 spiro atoms. The lowest BCUT2D eigenvalue weighted by Crippen LogP contribution is -2.23. The number of hydrogen-bond donors (Lipinski definition) is 1. The standard InChI is InChI=1S/C13H19F2NS/c1-9(17-3)7-8-16-10(2)13-11(14)5-4-6-12(13)15/h4-6,9-10,16H,7-8H2,1-3H3. The van der Waals surface area contributed by atoms with Crippen molar-refractivity contribution in [1.82, 2.24) is 5.32 Å². The smallest absolute Gasteiger partial charge is 0.130 e. The van der Waals surface area contributed by atoms with Crippen LogP contribution in [-0.2, 0) is 0 Å². The first-order valence-corrected chi connectivity index (χ1v) is 7.05. The van der Waals surface area contributed by atoms with Crippen molar-refractivity contribution in [1.29, 1.82) is 0 Å². The average molecular weight is 259 g/mol. The summed E-state index contributed by atoms with van der Waals surface area (Å²) in [5, 5.41) is 3.71. The summed E-state index contributed by atoms with van der Waals surface area (Å²) in [5.74, 6) is -0.967. The third-order valence-electron chi connectivity index (χ3n) is 2.84. The molecule has 2 unspecified atom stereocenters. The van der Waals surface area contributed by atoms with Crippen LogP contribution < -0.4 is 5.32 Å². The molecule has 0 saturated carbocycles. The zero-order valence-electron chi connectivity index (χ0n) is 10.5. The summed E-state index contributed by atoms with van der Waals surface area (Å²) in [4.78, 5) is 0. The molecule has 1 N–H and O–H groups in total. The normalized spacial score (nSPS) is 14.6. The number of benzene rings is 1. The molecule has 0 aliphatic rings. The van der Waals surface area contributed by atoms with Crippen LogP contribution in [0, 0.1) is 11.6 Å². The second kappa shape index (κ2) is 6.97. The van der Waals surface area contributed by atoms with Gasteiger partial charge in [0.1, 0.15) is 11.6 Å². The van der Waals surface area contributed by atoms with E-state index in [2.05, 4.69) is 18.5 Å². The first kappa shape index (κ1) is 14.5. The molecule has 0 heterocycles. The Balaban J connectivity index is 2.55. The number of rotatable bonds is 6. The molecule has 0 amide bonds. The molecule has 0 aliphatic heterocycles. The zero-order valence-corrected chi connectivity index (χ0v) is 11.3. The third kappa shape index (κ3) is 4.28. The summed E-state index contributed by atoms with van der Waals surface area (Å²) in [5.41, 5.74) is 0.129. The molecule has 0 radical (unpaired) electrons. The molecular formula is C13H19F2NS. The van der Waals surface area contributed by atoms with E-state index < -0.39 is 11.6 Å². The van der Waals surface area contributed by atoms with Crippen LogP contribution in [0.3, 0.4) is 0 Å². The van der Waals surface area contributed by atoms with Crippen LogP contribution in [0.25, 0.3) is 0 Å². The van der Waals surface area contributed by atoms with Gasteiger partial charge < -0.3 is 5.32 Å². The maximum Gasteiger partial charge on any atom is 0.130 e. The molecule has 1 rings (SSSR count). The number of halogens is 2. The van der Waals surface area contributed by atoms with Gasteiger partial charge in [-0.25, -0.2) is 8.78 Å².